The normalized spacial score (nSPS) is 22.9. The molecule has 2 atom stereocenters. The fourth-order valence-electron chi connectivity index (χ4n) is 3.08. The van der Waals surface area contributed by atoms with Gasteiger partial charge >= 0.3 is 0 Å². The van der Waals surface area contributed by atoms with Gasteiger partial charge in [-0.2, -0.15) is 0 Å². The molecule has 0 heterocycles. The molecule has 1 aliphatic carbocycles. The van der Waals surface area contributed by atoms with E-state index < -0.39 is 0 Å². The Morgan fingerprint density at radius 1 is 1.38 bits per heavy atom. The van der Waals surface area contributed by atoms with E-state index in [9.17, 15) is 0 Å². The molecule has 0 saturated heterocycles. The molecule has 0 aliphatic heterocycles. The van der Waals surface area contributed by atoms with Crippen molar-refractivity contribution < 1.29 is 0 Å². The van der Waals surface area contributed by atoms with Crippen LogP contribution in [0.4, 0.5) is 0 Å². The van der Waals surface area contributed by atoms with Crippen LogP contribution in [0, 0.1) is 5.92 Å². The predicted octanol–water partition coefficient (Wildman–Crippen LogP) is 3.01. The fraction of sp³-hybridized carbons (Fsp3) is 1.00. The molecule has 0 spiro atoms. The third-order valence-electron chi connectivity index (χ3n) is 4.55. The third kappa shape index (κ3) is 2.98. The van der Waals surface area contributed by atoms with E-state index in [1.165, 1.54) is 32.1 Å². The summed E-state index contributed by atoms with van der Waals surface area (Å²) >= 11 is 0. The van der Waals surface area contributed by atoms with Gasteiger partial charge in [-0.15, -0.1) is 0 Å². The SMILES string of the molecule is CCC(C)N(CC)C(C)(CN)CC1CCC1. The van der Waals surface area contributed by atoms with Crippen LogP contribution in [0.2, 0.25) is 0 Å². The van der Waals surface area contributed by atoms with E-state index in [0.717, 1.165) is 19.0 Å². The molecule has 1 rings (SSSR count). The van der Waals surface area contributed by atoms with Crippen molar-refractivity contribution in [2.45, 2.75) is 71.4 Å². The number of likely N-dealkylation sites (N-methyl/N-ethyl adjacent to an activating group) is 1. The Kier molecular flexibility index (Phi) is 5.26. The Labute approximate surface area is 102 Å². The Morgan fingerprint density at radius 2 is 2.00 bits per heavy atom. The van der Waals surface area contributed by atoms with Crippen LogP contribution in [-0.4, -0.2) is 29.6 Å². The molecule has 0 aromatic rings. The first-order chi connectivity index (χ1) is 7.57. The largest absolute Gasteiger partial charge is 0.329 e. The minimum absolute atomic E-state index is 0.218. The summed E-state index contributed by atoms with van der Waals surface area (Å²) in [6, 6.07) is 0.652. The highest BCUT2D eigenvalue weighted by Gasteiger charge is 2.35. The van der Waals surface area contributed by atoms with Crippen LogP contribution in [0.25, 0.3) is 0 Å². The second kappa shape index (κ2) is 6.02. The van der Waals surface area contributed by atoms with Gasteiger partial charge in [-0.05, 0) is 39.2 Å². The quantitative estimate of drug-likeness (QED) is 0.723. The number of nitrogens with two attached hydrogens (primary N) is 1. The summed E-state index contributed by atoms with van der Waals surface area (Å²) in [5.74, 6) is 0.937. The van der Waals surface area contributed by atoms with Crippen LogP contribution in [-0.2, 0) is 0 Å². The summed E-state index contributed by atoms with van der Waals surface area (Å²) in [7, 11) is 0. The van der Waals surface area contributed by atoms with Crippen molar-refractivity contribution in [3.63, 3.8) is 0 Å². The van der Waals surface area contributed by atoms with Crippen LogP contribution in [0.1, 0.15) is 59.8 Å². The smallest absolute Gasteiger partial charge is 0.0308 e. The maximum Gasteiger partial charge on any atom is 0.0308 e. The van der Waals surface area contributed by atoms with Gasteiger partial charge in [0.05, 0.1) is 0 Å². The summed E-state index contributed by atoms with van der Waals surface area (Å²) in [5.41, 5.74) is 6.28. The van der Waals surface area contributed by atoms with E-state index in [-0.39, 0.29) is 5.54 Å². The number of nitrogens with zero attached hydrogens (tertiary/aromatic N) is 1. The number of rotatable bonds is 7. The minimum Gasteiger partial charge on any atom is -0.329 e. The van der Waals surface area contributed by atoms with Gasteiger partial charge in [0.1, 0.15) is 0 Å². The first-order valence-electron chi connectivity index (χ1n) is 7.04. The standard InChI is InChI=1S/C14H30N2/c1-5-12(3)16(6-2)14(4,11-15)10-13-8-7-9-13/h12-13H,5-11,15H2,1-4H3. The van der Waals surface area contributed by atoms with E-state index in [4.69, 9.17) is 5.73 Å². The average Bonchev–Trinajstić information content (AvgIpc) is 2.24. The van der Waals surface area contributed by atoms with Crippen molar-refractivity contribution in [2.24, 2.45) is 11.7 Å². The summed E-state index contributed by atoms with van der Waals surface area (Å²) in [6.45, 7) is 11.1. The lowest BCUT2D eigenvalue weighted by atomic mass is 9.75. The Balaban J connectivity index is 2.65. The van der Waals surface area contributed by atoms with Gasteiger partial charge in [0.2, 0.25) is 0 Å². The lowest BCUT2D eigenvalue weighted by molar-refractivity contribution is 0.0393. The third-order valence-corrected chi connectivity index (χ3v) is 4.55. The van der Waals surface area contributed by atoms with Crippen LogP contribution < -0.4 is 5.73 Å². The molecule has 1 saturated carbocycles. The summed E-state index contributed by atoms with van der Waals surface area (Å²) in [5, 5.41) is 0. The number of hydrogen-bond donors (Lipinski definition) is 1. The Bertz CT molecular complexity index is 201. The minimum atomic E-state index is 0.218. The van der Waals surface area contributed by atoms with Crippen LogP contribution >= 0.6 is 0 Å². The Morgan fingerprint density at radius 3 is 2.31 bits per heavy atom. The highest BCUT2D eigenvalue weighted by molar-refractivity contribution is 4.92. The molecular weight excluding hydrogens is 196 g/mol. The molecule has 1 fully saturated rings. The first kappa shape index (κ1) is 14.0. The van der Waals surface area contributed by atoms with Crippen molar-refractivity contribution in [3.05, 3.63) is 0 Å². The van der Waals surface area contributed by atoms with Gasteiger partial charge in [-0.1, -0.05) is 33.1 Å². The molecular formula is C14H30N2. The lowest BCUT2D eigenvalue weighted by Crippen LogP contribution is -2.56. The van der Waals surface area contributed by atoms with Crippen molar-refractivity contribution in [3.8, 4) is 0 Å². The summed E-state index contributed by atoms with van der Waals surface area (Å²) < 4.78 is 0. The van der Waals surface area contributed by atoms with Gasteiger partial charge in [-0.25, -0.2) is 0 Å². The predicted molar refractivity (Wildman–Crippen MR) is 71.6 cm³/mol. The molecule has 2 heteroatoms. The van der Waals surface area contributed by atoms with E-state index in [1.807, 2.05) is 0 Å². The lowest BCUT2D eigenvalue weighted by Gasteiger charge is -2.47. The highest BCUT2D eigenvalue weighted by atomic mass is 15.2. The molecule has 0 bridgehead atoms. The van der Waals surface area contributed by atoms with Gasteiger partial charge in [0.15, 0.2) is 0 Å². The van der Waals surface area contributed by atoms with E-state index in [2.05, 4.69) is 32.6 Å². The van der Waals surface area contributed by atoms with Gasteiger partial charge < -0.3 is 5.73 Å². The summed E-state index contributed by atoms with van der Waals surface area (Å²) in [4.78, 5) is 2.62. The topological polar surface area (TPSA) is 29.3 Å². The molecule has 1 aliphatic rings. The molecule has 0 aromatic heterocycles. The van der Waals surface area contributed by atoms with Crippen LogP contribution in [0.15, 0.2) is 0 Å². The first-order valence-corrected chi connectivity index (χ1v) is 7.04. The molecule has 2 N–H and O–H groups in total. The zero-order valence-electron chi connectivity index (χ0n) is 11.6. The zero-order chi connectivity index (χ0) is 12.2. The zero-order valence-corrected chi connectivity index (χ0v) is 11.6. The Hall–Kier alpha value is -0.0800. The second-order valence-corrected chi connectivity index (χ2v) is 5.75. The maximum absolute atomic E-state index is 6.06. The monoisotopic (exact) mass is 226 g/mol. The molecule has 96 valence electrons. The van der Waals surface area contributed by atoms with Crippen molar-refractivity contribution in [1.29, 1.82) is 0 Å². The maximum atomic E-state index is 6.06. The van der Waals surface area contributed by atoms with E-state index in [0.29, 0.717) is 6.04 Å². The van der Waals surface area contributed by atoms with E-state index in [1.54, 1.807) is 0 Å². The molecule has 16 heavy (non-hydrogen) atoms. The van der Waals surface area contributed by atoms with Gasteiger partial charge in [0.25, 0.3) is 0 Å². The fourth-order valence-corrected chi connectivity index (χ4v) is 3.08. The molecule has 0 radical (unpaired) electrons. The highest BCUT2D eigenvalue weighted by Crippen LogP contribution is 2.36. The van der Waals surface area contributed by atoms with Crippen molar-refractivity contribution >= 4 is 0 Å². The molecule has 0 aromatic carbocycles. The van der Waals surface area contributed by atoms with E-state index >= 15 is 0 Å². The molecule has 2 nitrogen and oxygen atoms in total. The van der Waals surface area contributed by atoms with Crippen LogP contribution in [0.5, 0.6) is 0 Å². The summed E-state index contributed by atoms with van der Waals surface area (Å²) in [6.07, 6.45) is 6.79. The van der Waals surface area contributed by atoms with Gasteiger partial charge in [-0.3, -0.25) is 4.90 Å². The van der Waals surface area contributed by atoms with Crippen LogP contribution in [0.3, 0.4) is 0 Å². The average molecular weight is 226 g/mol. The second-order valence-electron chi connectivity index (χ2n) is 5.75. The number of hydrogen-bond acceptors (Lipinski definition) is 2. The van der Waals surface area contributed by atoms with Crippen molar-refractivity contribution in [1.82, 2.24) is 4.90 Å². The van der Waals surface area contributed by atoms with Crippen molar-refractivity contribution in [2.75, 3.05) is 13.1 Å². The molecule has 2 unspecified atom stereocenters. The molecule has 0 amide bonds. The van der Waals surface area contributed by atoms with Gasteiger partial charge in [0, 0.05) is 18.1 Å².